The Kier molecular flexibility index (Phi) is 11.6. The number of fused-ring (bicyclic) bond motifs is 1. The van der Waals surface area contributed by atoms with Crippen LogP contribution in [0.4, 0.5) is 41.7 Å². The number of carbonyl (C=O) groups is 5. The number of alkyl halides is 3. The van der Waals surface area contributed by atoms with E-state index in [-0.39, 0.29) is 30.2 Å². The van der Waals surface area contributed by atoms with E-state index in [1.807, 2.05) is 23.1 Å². The van der Waals surface area contributed by atoms with Crippen molar-refractivity contribution in [2.45, 2.75) is 56.8 Å². The van der Waals surface area contributed by atoms with Gasteiger partial charge in [-0.25, -0.2) is 9.83 Å². The standard InChI is InChI=1S/C45H49F3N10O5/c1-49-37-6-3-31(23-36(37)45(46,47)48)54-16-12-29(13-17-54)41(60)51-39-8-4-32(24-50-39)55-14-10-28(11-15-55)25-53-18-20-56(21-19-53)33-26-57(27-33)30-2-5-34-35(22-30)44(63)58(43(34)62)38-7-9-40(59)52-42(38)61/h2-6,8,22-24,28-29,33,38H,7,9-21,25-27H2,(H,50,51,60)(H,52,59,61). The highest BCUT2D eigenvalue weighted by Gasteiger charge is 2.45. The maximum Gasteiger partial charge on any atom is 0.407 e. The number of anilines is 4. The highest BCUT2D eigenvalue weighted by Crippen LogP contribution is 2.40. The van der Waals surface area contributed by atoms with Gasteiger partial charge in [0.1, 0.15) is 11.9 Å². The molecule has 0 saturated carbocycles. The van der Waals surface area contributed by atoms with Gasteiger partial charge in [0.15, 0.2) is 5.69 Å². The Morgan fingerprint density at radius 1 is 0.778 bits per heavy atom. The van der Waals surface area contributed by atoms with Crippen LogP contribution in [-0.4, -0.2) is 133 Å². The lowest BCUT2D eigenvalue weighted by Crippen LogP contribution is -2.63. The molecule has 330 valence electrons. The van der Waals surface area contributed by atoms with E-state index in [0.717, 1.165) is 94.1 Å². The van der Waals surface area contributed by atoms with Crippen molar-refractivity contribution in [1.29, 1.82) is 0 Å². The average molecular weight is 867 g/mol. The van der Waals surface area contributed by atoms with Gasteiger partial charge in [0, 0.05) is 102 Å². The summed E-state index contributed by atoms with van der Waals surface area (Å²) in [5.74, 6) is -1.36. The SMILES string of the molecule is [C-]#[N+]c1ccc(N2CCC(C(=O)Nc3ccc(N4CCC(CN5CCN(C6CN(c7ccc8c(c7)C(=O)N(C7CCC(=O)NC7=O)C8=O)C6)CC5)CC4)cn3)CC2)cc1C(F)(F)F. The lowest BCUT2D eigenvalue weighted by Gasteiger charge is -2.49. The first-order valence-electron chi connectivity index (χ1n) is 21.8. The van der Waals surface area contributed by atoms with E-state index in [0.29, 0.717) is 55.0 Å². The highest BCUT2D eigenvalue weighted by molar-refractivity contribution is 6.23. The fourth-order valence-corrected chi connectivity index (χ4v) is 9.92. The monoisotopic (exact) mass is 866 g/mol. The van der Waals surface area contributed by atoms with Crippen molar-refractivity contribution in [3.05, 3.63) is 82.8 Å². The summed E-state index contributed by atoms with van der Waals surface area (Å²) in [7, 11) is 0. The number of aromatic nitrogens is 1. The summed E-state index contributed by atoms with van der Waals surface area (Å²) in [4.78, 5) is 83.6. The van der Waals surface area contributed by atoms with Gasteiger partial charge < -0.3 is 24.9 Å². The van der Waals surface area contributed by atoms with Crippen molar-refractivity contribution >= 4 is 58.1 Å². The minimum Gasteiger partial charge on any atom is -0.372 e. The predicted octanol–water partition coefficient (Wildman–Crippen LogP) is 4.63. The van der Waals surface area contributed by atoms with Crippen LogP contribution in [0.15, 0.2) is 54.7 Å². The van der Waals surface area contributed by atoms with Crippen LogP contribution in [0, 0.1) is 18.4 Å². The van der Waals surface area contributed by atoms with Crippen LogP contribution < -0.4 is 25.3 Å². The number of imide groups is 2. The molecule has 6 aliphatic rings. The van der Waals surface area contributed by atoms with Crippen LogP contribution in [0.2, 0.25) is 0 Å². The first kappa shape index (κ1) is 42.3. The molecule has 18 heteroatoms. The zero-order chi connectivity index (χ0) is 44.0. The molecule has 5 fully saturated rings. The number of carbonyl (C=O) groups excluding carboxylic acids is 5. The maximum atomic E-state index is 13.5. The molecule has 2 aromatic carbocycles. The number of piperazine rings is 1. The molecule has 5 amide bonds. The van der Waals surface area contributed by atoms with Crippen LogP contribution in [0.1, 0.15) is 64.8 Å². The minimum atomic E-state index is -4.62. The first-order chi connectivity index (χ1) is 30.3. The zero-order valence-corrected chi connectivity index (χ0v) is 34.8. The van der Waals surface area contributed by atoms with Crippen LogP contribution in [0.25, 0.3) is 4.85 Å². The molecule has 1 atom stereocenters. The second kappa shape index (κ2) is 17.2. The summed E-state index contributed by atoms with van der Waals surface area (Å²) in [6.07, 6.45) is 0.538. The van der Waals surface area contributed by atoms with E-state index in [1.54, 1.807) is 18.3 Å². The molecule has 3 aromatic rings. The topological polar surface area (TPSA) is 146 Å². The number of hydrogen-bond donors (Lipinski definition) is 2. The van der Waals surface area contributed by atoms with Gasteiger partial charge in [-0.15, -0.1) is 0 Å². The number of nitrogens with zero attached hydrogens (tertiary/aromatic N) is 8. The van der Waals surface area contributed by atoms with E-state index in [2.05, 4.69) is 40.1 Å². The summed E-state index contributed by atoms with van der Waals surface area (Å²) in [5, 5.41) is 5.16. The van der Waals surface area contributed by atoms with E-state index < -0.39 is 47.1 Å². The van der Waals surface area contributed by atoms with Crippen molar-refractivity contribution in [3.8, 4) is 0 Å². The lowest BCUT2D eigenvalue weighted by molar-refractivity contribution is -0.137. The van der Waals surface area contributed by atoms with Gasteiger partial charge in [-0.2, -0.15) is 13.2 Å². The highest BCUT2D eigenvalue weighted by atomic mass is 19.4. The molecule has 5 saturated heterocycles. The van der Waals surface area contributed by atoms with E-state index in [1.165, 1.54) is 12.1 Å². The molecule has 1 aromatic heterocycles. The molecule has 1 unspecified atom stereocenters. The van der Waals surface area contributed by atoms with Gasteiger partial charge in [0.05, 0.1) is 35.1 Å². The third kappa shape index (κ3) is 8.68. The Bertz CT molecular complexity index is 2320. The van der Waals surface area contributed by atoms with Gasteiger partial charge in [0.25, 0.3) is 11.8 Å². The van der Waals surface area contributed by atoms with Crippen LogP contribution in [0.3, 0.4) is 0 Å². The van der Waals surface area contributed by atoms with Crippen LogP contribution >= 0.6 is 0 Å². The Labute approximate surface area is 363 Å². The fraction of sp³-hybridized carbons (Fsp3) is 0.489. The molecule has 9 rings (SSSR count). The third-order valence-electron chi connectivity index (χ3n) is 13.7. The van der Waals surface area contributed by atoms with Gasteiger partial charge in [0.2, 0.25) is 17.7 Å². The molecule has 15 nitrogen and oxygen atoms in total. The van der Waals surface area contributed by atoms with Gasteiger partial charge in [-0.05, 0) is 80.5 Å². The summed E-state index contributed by atoms with van der Waals surface area (Å²) in [5.41, 5.74) is 1.51. The molecule has 0 aliphatic carbocycles. The lowest BCUT2D eigenvalue weighted by atomic mass is 9.95. The molecule has 63 heavy (non-hydrogen) atoms. The predicted molar refractivity (Wildman–Crippen MR) is 228 cm³/mol. The van der Waals surface area contributed by atoms with Gasteiger partial charge >= 0.3 is 6.18 Å². The molecule has 0 radical (unpaired) electrons. The van der Waals surface area contributed by atoms with E-state index >= 15 is 0 Å². The molecule has 6 aliphatic heterocycles. The number of hydrogen-bond acceptors (Lipinski definition) is 11. The Morgan fingerprint density at radius 2 is 1.43 bits per heavy atom. The number of benzene rings is 2. The number of piperidine rings is 3. The largest absolute Gasteiger partial charge is 0.407 e. The maximum absolute atomic E-state index is 13.5. The summed E-state index contributed by atoms with van der Waals surface area (Å²) >= 11 is 0. The van der Waals surface area contributed by atoms with Gasteiger partial charge in [-0.1, -0.05) is 6.07 Å². The van der Waals surface area contributed by atoms with E-state index in [9.17, 15) is 37.1 Å². The number of halogens is 3. The smallest absolute Gasteiger partial charge is 0.372 e. The van der Waals surface area contributed by atoms with Crippen molar-refractivity contribution < 1.29 is 37.1 Å². The Morgan fingerprint density at radius 3 is 2.10 bits per heavy atom. The quantitative estimate of drug-likeness (QED) is 0.230. The Balaban J connectivity index is 0.676. The number of nitrogens with one attached hydrogen (secondary N) is 2. The molecule has 2 N–H and O–H groups in total. The average Bonchev–Trinajstić information content (AvgIpc) is 3.51. The molecular formula is C45H49F3N10O5. The first-order valence-corrected chi connectivity index (χ1v) is 21.8. The van der Waals surface area contributed by atoms with Crippen LogP contribution in [-0.2, 0) is 20.6 Å². The number of amides is 5. The van der Waals surface area contributed by atoms with Gasteiger partial charge in [-0.3, -0.25) is 39.1 Å². The van der Waals surface area contributed by atoms with E-state index in [4.69, 9.17) is 6.57 Å². The normalized spacial score (nSPS) is 22.2. The summed E-state index contributed by atoms with van der Waals surface area (Å²) < 4.78 is 40.5. The molecule has 0 spiro atoms. The second-order valence-electron chi connectivity index (χ2n) is 17.5. The second-order valence-corrected chi connectivity index (χ2v) is 17.5. The minimum absolute atomic E-state index is 0.0851. The number of rotatable bonds is 9. The molecule has 7 heterocycles. The van der Waals surface area contributed by atoms with Crippen molar-refractivity contribution in [2.24, 2.45) is 11.8 Å². The molecular weight excluding hydrogens is 818 g/mol. The summed E-state index contributed by atoms with van der Waals surface area (Å²) in [6, 6.07) is 12.3. The van der Waals surface area contributed by atoms with Crippen molar-refractivity contribution in [1.82, 2.24) is 25.0 Å². The van der Waals surface area contributed by atoms with Crippen molar-refractivity contribution in [3.63, 3.8) is 0 Å². The molecule has 0 bridgehead atoms. The zero-order valence-electron chi connectivity index (χ0n) is 34.8. The fourth-order valence-electron chi connectivity index (χ4n) is 9.92. The number of pyridine rings is 1. The Hall–Kier alpha value is -6.06. The summed E-state index contributed by atoms with van der Waals surface area (Å²) in [6.45, 7) is 16.5. The van der Waals surface area contributed by atoms with Crippen molar-refractivity contribution in [2.75, 3.05) is 92.0 Å². The van der Waals surface area contributed by atoms with Crippen LogP contribution in [0.5, 0.6) is 0 Å². The third-order valence-corrected chi connectivity index (χ3v) is 13.7.